The van der Waals surface area contributed by atoms with Gasteiger partial charge in [-0.15, -0.1) is 0 Å². The zero-order valence-electron chi connectivity index (χ0n) is 12.2. The summed E-state index contributed by atoms with van der Waals surface area (Å²) in [6.45, 7) is 8.25. The molecule has 0 spiro atoms. The van der Waals surface area contributed by atoms with Crippen LogP contribution in [0.1, 0.15) is 45.4 Å². The lowest BCUT2D eigenvalue weighted by molar-refractivity contribution is 0.901. The van der Waals surface area contributed by atoms with Crippen molar-refractivity contribution in [3.63, 3.8) is 0 Å². The number of fused-ring (bicyclic) bond motifs is 2. The van der Waals surface area contributed by atoms with Crippen LogP contribution >= 0.6 is 11.8 Å². The molecule has 0 N–H and O–H groups in total. The lowest BCUT2D eigenvalue weighted by Gasteiger charge is -2.15. The number of benzene rings is 1. The van der Waals surface area contributed by atoms with Gasteiger partial charge in [-0.3, -0.25) is 4.98 Å². The summed E-state index contributed by atoms with van der Waals surface area (Å²) < 4.78 is 0. The summed E-state index contributed by atoms with van der Waals surface area (Å²) in [5.74, 6) is 0. The number of hydrogen-bond donors (Lipinski definition) is 0. The molecule has 1 aromatic carbocycles. The second-order valence-electron chi connectivity index (χ2n) is 3.90. The highest BCUT2D eigenvalue weighted by molar-refractivity contribution is 7.99. The quantitative estimate of drug-likeness (QED) is 0.578. The summed E-state index contributed by atoms with van der Waals surface area (Å²) in [4.78, 5) is 9.96. The van der Waals surface area contributed by atoms with Gasteiger partial charge in [0.15, 0.2) is 0 Å². The van der Waals surface area contributed by atoms with E-state index in [1.165, 1.54) is 16.9 Å². The first-order valence-corrected chi connectivity index (χ1v) is 7.72. The van der Waals surface area contributed by atoms with Gasteiger partial charge in [-0.1, -0.05) is 64.1 Å². The van der Waals surface area contributed by atoms with E-state index in [1.54, 1.807) is 24.2 Å². The highest BCUT2D eigenvalue weighted by Crippen LogP contribution is 2.36. The Morgan fingerprint density at radius 3 is 2.42 bits per heavy atom. The fourth-order valence-electron chi connectivity index (χ4n) is 1.59. The average molecular weight is 274 g/mol. The summed E-state index contributed by atoms with van der Waals surface area (Å²) in [5.41, 5.74) is 2.45. The molecule has 19 heavy (non-hydrogen) atoms. The fraction of sp³-hybridized carbons (Fsp3) is 0.375. The van der Waals surface area contributed by atoms with Crippen LogP contribution in [0.3, 0.4) is 0 Å². The van der Waals surface area contributed by atoms with Crippen LogP contribution in [-0.2, 0) is 6.42 Å². The third-order valence-electron chi connectivity index (χ3n) is 2.27. The molecule has 1 aliphatic heterocycles. The lowest BCUT2D eigenvalue weighted by Crippen LogP contribution is -2.02. The van der Waals surface area contributed by atoms with Crippen molar-refractivity contribution in [1.29, 1.82) is 0 Å². The van der Waals surface area contributed by atoms with E-state index in [2.05, 4.69) is 48.1 Å². The van der Waals surface area contributed by atoms with Crippen molar-refractivity contribution in [3.05, 3.63) is 47.9 Å². The molecule has 0 unspecified atom stereocenters. The van der Waals surface area contributed by atoms with E-state index >= 15 is 0 Å². The van der Waals surface area contributed by atoms with Crippen LogP contribution in [0.15, 0.2) is 46.6 Å². The minimum atomic E-state index is 0.909. The van der Waals surface area contributed by atoms with Crippen LogP contribution in [0.2, 0.25) is 0 Å². The van der Waals surface area contributed by atoms with Crippen molar-refractivity contribution in [1.82, 2.24) is 9.97 Å². The van der Waals surface area contributed by atoms with Crippen molar-refractivity contribution in [2.24, 2.45) is 0 Å². The van der Waals surface area contributed by atoms with E-state index in [4.69, 9.17) is 0 Å². The van der Waals surface area contributed by atoms with Gasteiger partial charge in [-0.05, 0) is 11.6 Å². The second kappa shape index (κ2) is 8.70. The number of hydrogen-bond acceptors (Lipinski definition) is 3. The van der Waals surface area contributed by atoms with Gasteiger partial charge in [0, 0.05) is 23.7 Å². The molecule has 0 aliphatic carbocycles. The average Bonchev–Trinajstić information content (AvgIpc) is 2.48. The Kier molecular flexibility index (Phi) is 7.19. The van der Waals surface area contributed by atoms with E-state index in [1.807, 2.05) is 13.8 Å². The van der Waals surface area contributed by atoms with Crippen molar-refractivity contribution < 1.29 is 0 Å². The molecular formula is C16H22N2S. The Morgan fingerprint density at radius 2 is 1.68 bits per heavy atom. The van der Waals surface area contributed by atoms with Gasteiger partial charge in [0.05, 0.1) is 5.69 Å². The summed E-state index contributed by atoms with van der Waals surface area (Å²) in [6, 6.07) is 8.42. The first kappa shape index (κ1) is 15.7. The summed E-state index contributed by atoms with van der Waals surface area (Å²) >= 11 is 1.71. The third-order valence-corrected chi connectivity index (χ3v) is 3.43. The van der Waals surface area contributed by atoms with Gasteiger partial charge in [0.25, 0.3) is 0 Å². The van der Waals surface area contributed by atoms with E-state index in [-0.39, 0.29) is 0 Å². The summed E-state index contributed by atoms with van der Waals surface area (Å²) in [6.07, 6.45) is 5.67. The highest BCUT2D eigenvalue weighted by atomic mass is 32.2. The van der Waals surface area contributed by atoms with Crippen LogP contribution in [0.5, 0.6) is 0 Å². The van der Waals surface area contributed by atoms with Gasteiger partial charge in [0.1, 0.15) is 5.03 Å². The molecule has 0 bridgehead atoms. The van der Waals surface area contributed by atoms with E-state index in [0.29, 0.717) is 0 Å². The monoisotopic (exact) mass is 274 g/mol. The molecule has 0 radical (unpaired) electrons. The Labute approximate surface area is 120 Å². The molecule has 0 atom stereocenters. The fourth-order valence-corrected chi connectivity index (χ4v) is 2.58. The SMILES string of the molecule is CC.CCC.c1ccc2c(c1)Cc1nccnc1S2. The first-order valence-electron chi connectivity index (χ1n) is 6.90. The standard InChI is InChI=1S/C11H8N2S.C3H8.C2H6/c1-2-4-10-8(3-1)7-9-11(14-10)13-6-5-12-9;1-3-2;1-2/h1-6H,7H2;3H2,1-2H3;1-2H3. The van der Waals surface area contributed by atoms with Crippen molar-refractivity contribution in [2.75, 3.05) is 0 Å². The number of nitrogens with zero attached hydrogens (tertiary/aromatic N) is 2. The Hall–Kier alpha value is -1.35. The maximum absolute atomic E-state index is 4.33. The molecule has 3 rings (SSSR count). The summed E-state index contributed by atoms with van der Waals surface area (Å²) in [7, 11) is 0. The zero-order valence-corrected chi connectivity index (χ0v) is 13.0. The molecule has 0 amide bonds. The van der Waals surface area contributed by atoms with Crippen molar-refractivity contribution in [3.8, 4) is 0 Å². The molecule has 1 aliphatic rings. The zero-order chi connectivity index (χ0) is 14.1. The Bertz CT molecular complexity index is 410. The minimum Gasteiger partial charge on any atom is -0.257 e. The van der Waals surface area contributed by atoms with Gasteiger partial charge in [-0.25, -0.2) is 4.98 Å². The smallest absolute Gasteiger partial charge is 0.123 e. The predicted octanol–water partition coefficient (Wildman–Crippen LogP) is 4.97. The maximum atomic E-state index is 4.33. The predicted molar refractivity (Wildman–Crippen MR) is 82.7 cm³/mol. The van der Waals surface area contributed by atoms with E-state index in [0.717, 1.165) is 17.1 Å². The summed E-state index contributed by atoms with van der Waals surface area (Å²) in [5, 5.41) is 1.05. The molecule has 2 aromatic rings. The molecule has 2 heterocycles. The van der Waals surface area contributed by atoms with Crippen molar-refractivity contribution >= 4 is 11.8 Å². The Balaban J connectivity index is 0.000000321. The van der Waals surface area contributed by atoms with Gasteiger partial charge >= 0.3 is 0 Å². The minimum absolute atomic E-state index is 0.909. The van der Waals surface area contributed by atoms with Crippen LogP contribution in [-0.4, -0.2) is 9.97 Å². The highest BCUT2D eigenvalue weighted by Gasteiger charge is 2.16. The molecule has 0 fully saturated rings. The van der Waals surface area contributed by atoms with Crippen LogP contribution in [0.4, 0.5) is 0 Å². The molecule has 2 nitrogen and oxygen atoms in total. The van der Waals surface area contributed by atoms with Gasteiger partial charge < -0.3 is 0 Å². The normalized spacial score (nSPS) is 10.9. The molecular weight excluding hydrogens is 252 g/mol. The van der Waals surface area contributed by atoms with E-state index in [9.17, 15) is 0 Å². The van der Waals surface area contributed by atoms with Crippen LogP contribution < -0.4 is 0 Å². The lowest BCUT2D eigenvalue weighted by atomic mass is 10.1. The molecule has 102 valence electrons. The molecule has 1 aromatic heterocycles. The van der Waals surface area contributed by atoms with Gasteiger partial charge in [0.2, 0.25) is 0 Å². The molecule has 0 saturated heterocycles. The third kappa shape index (κ3) is 4.35. The molecule has 3 heteroatoms. The molecule has 0 saturated carbocycles. The largest absolute Gasteiger partial charge is 0.257 e. The van der Waals surface area contributed by atoms with Crippen molar-refractivity contribution in [2.45, 2.75) is 50.5 Å². The van der Waals surface area contributed by atoms with Crippen LogP contribution in [0, 0.1) is 0 Å². The van der Waals surface area contributed by atoms with Gasteiger partial charge in [-0.2, -0.15) is 0 Å². The number of rotatable bonds is 0. The maximum Gasteiger partial charge on any atom is 0.123 e. The number of aromatic nitrogens is 2. The topological polar surface area (TPSA) is 25.8 Å². The second-order valence-corrected chi connectivity index (χ2v) is 4.93. The Morgan fingerprint density at radius 1 is 1.05 bits per heavy atom. The van der Waals surface area contributed by atoms with E-state index < -0.39 is 0 Å². The van der Waals surface area contributed by atoms with Crippen LogP contribution in [0.25, 0.3) is 0 Å². The first-order chi connectivity index (χ1) is 9.35.